The Hall–Kier alpha value is -2.40. The minimum absolute atomic E-state index is 0.237. The van der Waals surface area contributed by atoms with Crippen LogP contribution in [0.15, 0.2) is 42.7 Å². The molecule has 0 spiro atoms. The molecule has 3 heterocycles. The monoisotopic (exact) mass is 307 g/mol. The topological polar surface area (TPSA) is 59.5 Å². The lowest BCUT2D eigenvalue weighted by Crippen LogP contribution is -2.27. The molecule has 0 bridgehead atoms. The summed E-state index contributed by atoms with van der Waals surface area (Å²) in [6.07, 6.45) is 5.78. The molecule has 5 heteroatoms. The van der Waals surface area contributed by atoms with Crippen LogP contribution in [-0.4, -0.2) is 33.7 Å². The molecule has 0 aliphatic carbocycles. The molecule has 4 rings (SSSR count). The van der Waals surface area contributed by atoms with Crippen LogP contribution in [0, 0.1) is 0 Å². The highest BCUT2D eigenvalue weighted by Gasteiger charge is 2.22. The van der Waals surface area contributed by atoms with Crippen LogP contribution in [-0.2, 0) is 6.42 Å². The van der Waals surface area contributed by atoms with Crippen LogP contribution >= 0.6 is 0 Å². The first-order valence-corrected chi connectivity index (χ1v) is 8.19. The summed E-state index contributed by atoms with van der Waals surface area (Å²) < 4.78 is 1.91. The van der Waals surface area contributed by atoms with Crippen molar-refractivity contribution >= 4 is 11.3 Å². The lowest BCUT2D eigenvalue weighted by Gasteiger charge is -2.17. The number of hydrogen-bond donors (Lipinski definition) is 1. The second-order valence-electron chi connectivity index (χ2n) is 6.16. The lowest BCUT2D eigenvalue weighted by molar-refractivity contribution is 0.751. The molecule has 23 heavy (non-hydrogen) atoms. The number of nitrogens with two attached hydrogens (primary N) is 1. The third kappa shape index (κ3) is 2.57. The number of anilines is 1. The molecule has 1 fully saturated rings. The highest BCUT2D eigenvalue weighted by Crippen LogP contribution is 2.27. The van der Waals surface area contributed by atoms with Crippen molar-refractivity contribution in [1.82, 2.24) is 14.6 Å². The minimum atomic E-state index is 0.237. The number of nitrogens with zero attached hydrogens (tertiary/aromatic N) is 4. The lowest BCUT2D eigenvalue weighted by atomic mass is 10.1. The zero-order valence-corrected chi connectivity index (χ0v) is 13.3. The molecule has 0 radical (unpaired) electrons. The normalized spacial score (nSPS) is 18.0. The second kappa shape index (κ2) is 5.66. The molecule has 1 aromatic carbocycles. The van der Waals surface area contributed by atoms with Crippen molar-refractivity contribution < 1.29 is 0 Å². The number of fused-ring (bicyclic) bond motifs is 1. The van der Waals surface area contributed by atoms with Crippen molar-refractivity contribution in [2.24, 2.45) is 5.73 Å². The maximum atomic E-state index is 6.04. The van der Waals surface area contributed by atoms with Crippen LogP contribution in [0.2, 0.25) is 0 Å². The Morgan fingerprint density at radius 1 is 1.26 bits per heavy atom. The molecule has 0 amide bonds. The van der Waals surface area contributed by atoms with E-state index < -0.39 is 0 Å². The van der Waals surface area contributed by atoms with E-state index in [4.69, 9.17) is 10.8 Å². The molecule has 2 N–H and O–H groups in total. The van der Waals surface area contributed by atoms with Gasteiger partial charge in [0.25, 0.3) is 0 Å². The highest BCUT2D eigenvalue weighted by molar-refractivity contribution is 5.75. The Balaban J connectivity index is 1.75. The Morgan fingerprint density at radius 2 is 2.09 bits per heavy atom. The van der Waals surface area contributed by atoms with Gasteiger partial charge in [0.05, 0.1) is 5.69 Å². The van der Waals surface area contributed by atoms with Crippen LogP contribution < -0.4 is 10.6 Å². The third-order valence-corrected chi connectivity index (χ3v) is 4.55. The van der Waals surface area contributed by atoms with E-state index in [1.54, 1.807) is 0 Å². The van der Waals surface area contributed by atoms with Crippen molar-refractivity contribution in [3.05, 3.63) is 48.3 Å². The molecule has 1 aliphatic rings. The van der Waals surface area contributed by atoms with Gasteiger partial charge < -0.3 is 10.6 Å². The van der Waals surface area contributed by atoms with E-state index >= 15 is 0 Å². The fraction of sp³-hybridized carbons (Fsp3) is 0.333. The van der Waals surface area contributed by atoms with E-state index in [2.05, 4.69) is 47.1 Å². The summed E-state index contributed by atoms with van der Waals surface area (Å²) >= 11 is 0. The summed E-state index contributed by atoms with van der Waals surface area (Å²) in [5.41, 5.74) is 10.5. The number of benzene rings is 1. The quantitative estimate of drug-likeness (QED) is 0.807. The fourth-order valence-electron chi connectivity index (χ4n) is 3.18. The summed E-state index contributed by atoms with van der Waals surface area (Å²) in [5, 5.41) is 4.71. The first-order valence-electron chi connectivity index (χ1n) is 8.19. The van der Waals surface area contributed by atoms with Gasteiger partial charge in [-0.25, -0.2) is 9.50 Å². The zero-order chi connectivity index (χ0) is 15.8. The van der Waals surface area contributed by atoms with Gasteiger partial charge in [0.15, 0.2) is 5.82 Å². The van der Waals surface area contributed by atoms with Crippen LogP contribution in [0.4, 0.5) is 5.82 Å². The molecule has 1 unspecified atom stereocenters. The van der Waals surface area contributed by atoms with E-state index in [1.165, 1.54) is 5.56 Å². The molecular formula is C18H21N5. The first kappa shape index (κ1) is 14.2. The Labute approximate surface area is 135 Å². The molecule has 118 valence electrons. The maximum absolute atomic E-state index is 6.04. The van der Waals surface area contributed by atoms with Crippen LogP contribution in [0.25, 0.3) is 16.8 Å². The molecule has 1 atom stereocenters. The van der Waals surface area contributed by atoms with Crippen molar-refractivity contribution in [2.45, 2.75) is 25.8 Å². The van der Waals surface area contributed by atoms with Gasteiger partial charge in [-0.05, 0) is 24.5 Å². The predicted octanol–water partition coefficient (Wildman–Crippen LogP) is 2.50. The molecule has 1 saturated heterocycles. The van der Waals surface area contributed by atoms with Crippen molar-refractivity contribution in [3.63, 3.8) is 0 Å². The Kier molecular flexibility index (Phi) is 3.50. The first-order chi connectivity index (χ1) is 11.2. The molecular weight excluding hydrogens is 286 g/mol. The molecule has 5 nitrogen and oxygen atoms in total. The van der Waals surface area contributed by atoms with Crippen molar-refractivity contribution in [3.8, 4) is 11.3 Å². The summed E-state index contributed by atoms with van der Waals surface area (Å²) in [7, 11) is 0. The van der Waals surface area contributed by atoms with Gasteiger partial charge >= 0.3 is 0 Å². The summed E-state index contributed by atoms with van der Waals surface area (Å²) in [6, 6.07) is 11.0. The number of aromatic nitrogens is 3. The van der Waals surface area contributed by atoms with Gasteiger partial charge in [-0.15, -0.1) is 0 Å². The molecule has 1 aliphatic heterocycles. The van der Waals surface area contributed by atoms with Crippen LogP contribution in [0.1, 0.15) is 18.9 Å². The van der Waals surface area contributed by atoms with E-state index in [-0.39, 0.29) is 6.04 Å². The SMILES string of the molecule is CCc1ccc(-c2cc3c(N4CCC(N)C4)nccn3n2)cc1. The summed E-state index contributed by atoms with van der Waals surface area (Å²) in [5.74, 6) is 0.976. The summed E-state index contributed by atoms with van der Waals surface area (Å²) in [4.78, 5) is 6.82. The Morgan fingerprint density at radius 3 is 2.78 bits per heavy atom. The van der Waals surface area contributed by atoms with E-state index in [1.807, 2.05) is 16.9 Å². The third-order valence-electron chi connectivity index (χ3n) is 4.55. The van der Waals surface area contributed by atoms with Gasteiger partial charge in [-0.2, -0.15) is 5.10 Å². The standard InChI is InChI=1S/C18H21N5/c1-2-13-3-5-14(6-4-13)16-11-17-18(20-8-10-23(17)21-16)22-9-7-15(19)12-22/h3-6,8,10-11,15H,2,7,9,12,19H2,1H3. The second-order valence-corrected chi connectivity index (χ2v) is 6.16. The van der Waals surface area contributed by atoms with Gasteiger partial charge in [0.1, 0.15) is 5.52 Å². The number of hydrogen-bond acceptors (Lipinski definition) is 4. The van der Waals surface area contributed by atoms with E-state index in [0.29, 0.717) is 0 Å². The van der Waals surface area contributed by atoms with Gasteiger partial charge in [-0.1, -0.05) is 31.2 Å². The number of rotatable bonds is 3. The molecule has 2 aromatic heterocycles. The van der Waals surface area contributed by atoms with Crippen LogP contribution in [0.5, 0.6) is 0 Å². The fourth-order valence-corrected chi connectivity index (χ4v) is 3.18. The highest BCUT2D eigenvalue weighted by atomic mass is 15.3. The van der Waals surface area contributed by atoms with Gasteiger partial charge in [0.2, 0.25) is 0 Å². The van der Waals surface area contributed by atoms with Crippen molar-refractivity contribution in [1.29, 1.82) is 0 Å². The average Bonchev–Trinajstić information content (AvgIpc) is 3.20. The maximum Gasteiger partial charge on any atom is 0.154 e. The molecule has 0 saturated carbocycles. The largest absolute Gasteiger partial charge is 0.353 e. The smallest absolute Gasteiger partial charge is 0.154 e. The average molecular weight is 307 g/mol. The number of aryl methyl sites for hydroxylation is 1. The van der Waals surface area contributed by atoms with Crippen molar-refractivity contribution in [2.75, 3.05) is 18.0 Å². The minimum Gasteiger partial charge on any atom is -0.353 e. The van der Waals surface area contributed by atoms with E-state index in [0.717, 1.165) is 48.5 Å². The van der Waals surface area contributed by atoms with Gasteiger partial charge in [0, 0.05) is 37.1 Å². The Bertz CT molecular complexity index is 821. The zero-order valence-electron chi connectivity index (χ0n) is 13.3. The van der Waals surface area contributed by atoms with E-state index in [9.17, 15) is 0 Å². The van der Waals surface area contributed by atoms with Gasteiger partial charge in [-0.3, -0.25) is 0 Å². The predicted molar refractivity (Wildman–Crippen MR) is 92.6 cm³/mol. The summed E-state index contributed by atoms with van der Waals surface area (Å²) in [6.45, 7) is 3.98. The molecule has 3 aromatic rings. The van der Waals surface area contributed by atoms with Crippen LogP contribution in [0.3, 0.4) is 0 Å².